The van der Waals surface area contributed by atoms with Crippen LogP contribution in [0, 0.1) is 0 Å². The molecule has 0 unspecified atom stereocenters. The van der Waals surface area contributed by atoms with E-state index in [0.29, 0.717) is 13.0 Å². The van der Waals surface area contributed by atoms with Gasteiger partial charge in [-0.2, -0.15) is 0 Å². The number of primary sulfonamides is 1. The standard InChI is InChI=1S/C12H15N3O2S2/c13-19(16,17)9-4-3-7-15(8-9)12-14-10-5-1-2-6-11(10)18-12/h1-2,5-6,9H,3-4,7-8H2,(H2,13,16,17)/t9-/m0/s1. The first kappa shape index (κ1) is 12.8. The summed E-state index contributed by atoms with van der Waals surface area (Å²) in [6, 6.07) is 7.93. The number of piperidine rings is 1. The van der Waals surface area contributed by atoms with Crippen molar-refractivity contribution < 1.29 is 8.42 Å². The summed E-state index contributed by atoms with van der Waals surface area (Å²) in [4.78, 5) is 6.59. The summed E-state index contributed by atoms with van der Waals surface area (Å²) in [5.74, 6) is 0. The number of sulfonamides is 1. The van der Waals surface area contributed by atoms with Crippen LogP contribution in [-0.4, -0.2) is 31.7 Å². The van der Waals surface area contributed by atoms with Gasteiger partial charge in [0, 0.05) is 13.1 Å². The quantitative estimate of drug-likeness (QED) is 0.912. The summed E-state index contributed by atoms with van der Waals surface area (Å²) < 4.78 is 24.1. The minimum Gasteiger partial charge on any atom is -0.347 e. The zero-order chi connectivity index (χ0) is 13.5. The minimum atomic E-state index is -3.46. The van der Waals surface area contributed by atoms with Gasteiger partial charge in [0.25, 0.3) is 0 Å². The van der Waals surface area contributed by atoms with Crippen molar-refractivity contribution in [1.82, 2.24) is 4.98 Å². The molecule has 2 heterocycles. The lowest BCUT2D eigenvalue weighted by Crippen LogP contribution is -2.44. The number of hydrogen-bond acceptors (Lipinski definition) is 5. The van der Waals surface area contributed by atoms with Gasteiger partial charge in [0.2, 0.25) is 10.0 Å². The summed E-state index contributed by atoms with van der Waals surface area (Å²) in [5.41, 5.74) is 0.959. The number of anilines is 1. The highest BCUT2D eigenvalue weighted by Gasteiger charge is 2.29. The van der Waals surface area contributed by atoms with Crippen molar-refractivity contribution in [3.63, 3.8) is 0 Å². The summed E-state index contributed by atoms with van der Waals surface area (Å²) >= 11 is 1.60. The van der Waals surface area contributed by atoms with E-state index in [4.69, 9.17) is 5.14 Å². The first-order valence-corrected chi connectivity index (χ1v) is 8.59. The van der Waals surface area contributed by atoms with Crippen molar-refractivity contribution in [2.24, 2.45) is 5.14 Å². The molecule has 1 atom stereocenters. The molecule has 102 valence electrons. The molecule has 5 nitrogen and oxygen atoms in total. The van der Waals surface area contributed by atoms with Crippen molar-refractivity contribution in [2.75, 3.05) is 18.0 Å². The van der Waals surface area contributed by atoms with Crippen LogP contribution in [0.2, 0.25) is 0 Å². The van der Waals surface area contributed by atoms with Crippen LogP contribution in [-0.2, 0) is 10.0 Å². The molecule has 1 aliphatic rings. The van der Waals surface area contributed by atoms with Crippen LogP contribution in [0.3, 0.4) is 0 Å². The first-order chi connectivity index (χ1) is 9.04. The molecular weight excluding hydrogens is 282 g/mol. The number of para-hydroxylation sites is 1. The summed E-state index contributed by atoms with van der Waals surface area (Å²) in [5, 5.41) is 5.66. The van der Waals surface area contributed by atoms with E-state index >= 15 is 0 Å². The van der Waals surface area contributed by atoms with Gasteiger partial charge in [-0.3, -0.25) is 0 Å². The van der Waals surface area contributed by atoms with E-state index in [9.17, 15) is 8.42 Å². The Morgan fingerprint density at radius 3 is 2.89 bits per heavy atom. The smallest absolute Gasteiger partial charge is 0.213 e. The highest BCUT2D eigenvalue weighted by atomic mass is 32.2. The molecule has 7 heteroatoms. The average molecular weight is 297 g/mol. The predicted molar refractivity (Wildman–Crippen MR) is 78.0 cm³/mol. The number of nitrogens with two attached hydrogens (primary N) is 1. The Balaban J connectivity index is 1.89. The lowest BCUT2D eigenvalue weighted by Gasteiger charge is -2.31. The van der Waals surface area contributed by atoms with Crippen LogP contribution >= 0.6 is 11.3 Å². The largest absolute Gasteiger partial charge is 0.347 e. The molecule has 0 spiro atoms. The number of nitrogens with zero attached hydrogens (tertiary/aromatic N) is 2. The third-order valence-electron chi connectivity index (χ3n) is 3.40. The molecule has 2 aromatic rings. The van der Waals surface area contributed by atoms with Crippen LogP contribution < -0.4 is 10.0 Å². The Morgan fingerprint density at radius 1 is 1.37 bits per heavy atom. The van der Waals surface area contributed by atoms with E-state index in [1.165, 1.54) is 0 Å². The Hall–Kier alpha value is -1.18. The lowest BCUT2D eigenvalue weighted by atomic mass is 10.1. The maximum absolute atomic E-state index is 11.5. The van der Waals surface area contributed by atoms with Crippen molar-refractivity contribution in [3.05, 3.63) is 24.3 Å². The molecule has 1 aliphatic heterocycles. The fraction of sp³-hybridized carbons (Fsp3) is 0.417. The molecular formula is C12H15N3O2S2. The first-order valence-electron chi connectivity index (χ1n) is 6.16. The Kier molecular flexibility index (Phi) is 3.20. The van der Waals surface area contributed by atoms with Gasteiger partial charge < -0.3 is 4.90 Å². The zero-order valence-corrected chi connectivity index (χ0v) is 12.0. The SMILES string of the molecule is NS(=O)(=O)[C@H]1CCCN(c2nc3ccccc3s2)C1. The van der Waals surface area contributed by atoms with Gasteiger partial charge in [0.15, 0.2) is 5.13 Å². The summed E-state index contributed by atoms with van der Waals surface area (Å²) in [6.45, 7) is 1.28. The van der Waals surface area contributed by atoms with Gasteiger partial charge in [-0.15, -0.1) is 0 Å². The normalized spacial score (nSPS) is 20.9. The zero-order valence-electron chi connectivity index (χ0n) is 10.3. The molecule has 0 aliphatic carbocycles. The van der Waals surface area contributed by atoms with Crippen LogP contribution in [0.1, 0.15) is 12.8 Å². The second-order valence-corrected chi connectivity index (χ2v) is 7.62. The second-order valence-electron chi connectivity index (χ2n) is 4.76. The predicted octanol–water partition coefficient (Wildman–Crippen LogP) is 1.55. The second kappa shape index (κ2) is 4.73. The average Bonchev–Trinajstić information content (AvgIpc) is 2.81. The number of rotatable bonds is 2. The molecule has 0 amide bonds. The van der Waals surface area contributed by atoms with E-state index in [0.717, 1.165) is 28.3 Å². The van der Waals surface area contributed by atoms with E-state index < -0.39 is 15.3 Å². The number of aromatic nitrogens is 1. The van der Waals surface area contributed by atoms with Gasteiger partial charge >= 0.3 is 0 Å². The van der Waals surface area contributed by atoms with Crippen molar-refractivity contribution in [3.8, 4) is 0 Å². The molecule has 0 bridgehead atoms. The van der Waals surface area contributed by atoms with E-state index in [1.54, 1.807) is 11.3 Å². The number of hydrogen-bond donors (Lipinski definition) is 1. The lowest BCUT2D eigenvalue weighted by molar-refractivity contribution is 0.532. The minimum absolute atomic E-state index is 0.443. The number of thiazole rings is 1. The Morgan fingerprint density at radius 2 is 2.16 bits per heavy atom. The molecule has 1 aromatic carbocycles. The highest BCUT2D eigenvalue weighted by molar-refractivity contribution is 7.89. The van der Waals surface area contributed by atoms with Crippen molar-refractivity contribution in [1.29, 1.82) is 0 Å². The fourth-order valence-electron chi connectivity index (χ4n) is 2.38. The maximum atomic E-state index is 11.5. The third-order valence-corrected chi connectivity index (χ3v) is 5.81. The molecule has 0 saturated carbocycles. The Labute approximate surface area is 116 Å². The van der Waals surface area contributed by atoms with Crippen LogP contribution in [0.15, 0.2) is 24.3 Å². The van der Waals surface area contributed by atoms with Crippen LogP contribution in [0.5, 0.6) is 0 Å². The molecule has 1 aromatic heterocycles. The fourth-order valence-corrected chi connectivity index (χ4v) is 4.26. The molecule has 1 saturated heterocycles. The van der Waals surface area contributed by atoms with Gasteiger partial charge in [0.05, 0.1) is 15.5 Å². The van der Waals surface area contributed by atoms with Crippen LogP contribution in [0.25, 0.3) is 10.2 Å². The number of benzene rings is 1. The molecule has 19 heavy (non-hydrogen) atoms. The van der Waals surface area contributed by atoms with Crippen molar-refractivity contribution in [2.45, 2.75) is 18.1 Å². The van der Waals surface area contributed by atoms with Gasteiger partial charge in [-0.1, -0.05) is 23.5 Å². The highest BCUT2D eigenvalue weighted by Crippen LogP contribution is 2.30. The van der Waals surface area contributed by atoms with E-state index in [1.807, 2.05) is 29.2 Å². The van der Waals surface area contributed by atoms with Crippen LogP contribution in [0.4, 0.5) is 5.13 Å². The molecule has 2 N–H and O–H groups in total. The van der Waals surface area contributed by atoms with Gasteiger partial charge in [-0.25, -0.2) is 18.5 Å². The molecule has 0 radical (unpaired) electrons. The van der Waals surface area contributed by atoms with E-state index in [2.05, 4.69) is 4.98 Å². The molecule has 3 rings (SSSR count). The monoisotopic (exact) mass is 297 g/mol. The number of fused-ring (bicyclic) bond motifs is 1. The third kappa shape index (κ3) is 2.58. The summed E-state index contributed by atoms with van der Waals surface area (Å²) in [7, 11) is -3.46. The summed E-state index contributed by atoms with van der Waals surface area (Å²) in [6.07, 6.45) is 1.47. The Bertz CT molecular complexity index is 663. The van der Waals surface area contributed by atoms with E-state index in [-0.39, 0.29) is 0 Å². The maximum Gasteiger partial charge on any atom is 0.213 e. The molecule has 1 fully saturated rings. The van der Waals surface area contributed by atoms with Gasteiger partial charge in [-0.05, 0) is 25.0 Å². The van der Waals surface area contributed by atoms with Crippen molar-refractivity contribution >= 4 is 36.7 Å². The topological polar surface area (TPSA) is 76.3 Å². The van der Waals surface area contributed by atoms with Gasteiger partial charge in [0.1, 0.15) is 0 Å².